The van der Waals surface area contributed by atoms with Crippen LogP contribution in [-0.2, 0) is 9.84 Å². The molecule has 0 radical (unpaired) electrons. The van der Waals surface area contributed by atoms with Crippen molar-refractivity contribution in [2.45, 2.75) is 19.4 Å². The third-order valence-corrected chi connectivity index (χ3v) is 6.10. The first-order valence-corrected chi connectivity index (χ1v) is 9.70. The molecule has 0 spiro atoms. The Hall–Kier alpha value is -1.93. The minimum Gasteiger partial charge on any atom is -0.354 e. The topological polar surface area (TPSA) is 88.1 Å². The van der Waals surface area contributed by atoms with Crippen molar-refractivity contribution in [1.29, 1.82) is 0 Å². The molecule has 1 aromatic heterocycles. The zero-order chi connectivity index (χ0) is 17.3. The van der Waals surface area contributed by atoms with E-state index in [9.17, 15) is 8.42 Å². The Morgan fingerprint density at radius 1 is 1.38 bits per heavy atom. The van der Waals surface area contributed by atoms with E-state index in [4.69, 9.17) is 11.6 Å². The molecule has 7 nitrogen and oxygen atoms in total. The van der Waals surface area contributed by atoms with E-state index in [1.54, 1.807) is 6.07 Å². The standard InChI is InChI=1S/C15H18ClN5O2S/c1-10-3-4-11(16)7-13(10)18-15-19-14(8-17-20-15)21(2)12-5-6-24(22,23)9-12/h3-4,7-8,12H,5-6,9H2,1-2H3,(H,18,19,20). The summed E-state index contributed by atoms with van der Waals surface area (Å²) in [6.07, 6.45) is 2.12. The molecule has 9 heteroatoms. The van der Waals surface area contributed by atoms with Crippen LogP contribution in [0.3, 0.4) is 0 Å². The second-order valence-electron chi connectivity index (χ2n) is 5.89. The van der Waals surface area contributed by atoms with Crippen LogP contribution < -0.4 is 10.2 Å². The van der Waals surface area contributed by atoms with Gasteiger partial charge in [0.2, 0.25) is 5.95 Å². The molecule has 1 unspecified atom stereocenters. The summed E-state index contributed by atoms with van der Waals surface area (Å²) < 4.78 is 23.3. The highest BCUT2D eigenvalue weighted by Crippen LogP contribution is 2.24. The van der Waals surface area contributed by atoms with Gasteiger partial charge in [-0.1, -0.05) is 17.7 Å². The molecule has 1 aromatic carbocycles. The van der Waals surface area contributed by atoms with Gasteiger partial charge in [-0.05, 0) is 31.0 Å². The van der Waals surface area contributed by atoms with Crippen molar-refractivity contribution in [2.75, 3.05) is 28.8 Å². The number of nitrogens with zero attached hydrogens (tertiary/aromatic N) is 4. The number of hydrogen-bond acceptors (Lipinski definition) is 7. The predicted molar refractivity (Wildman–Crippen MR) is 94.8 cm³/mol. The summed E-state index contributed by atoms with van der Waals surface area (Å²) in [5.74, 6) is 1.27. The first-order valence-electron chi connectivity index (χ1n) is 7.50. The van der Waals surface area contributed by atoms with Gasteiger partial charge in [-0.15, -0.1) is 5.10 Å². The fourth-order valence-corrected chi connectivity index (χ4v) is 4.58. The molecule has 1 aliphatic rings. The minimum atomic E-state index is -2.95. The Bertz CT molecular complexity index is 859. The largest absolute Gasteiger partial charge is 0.354 e. The van der Waals surface area contributed by atoms with Gasteiger partial charge in [0.05, 0.1) is 17.7 Å². The van der Waals surface area contributed by atoms with Gasteiger partial charge >= 0.3 is 0 Å². The van der Waals surface area contributed by atoms with Crippen molar-refractivity contribution in [2.24, 2.45) is 0 Å². The molecule has 1 aliphatic heterocycles. The Kier molecular flexibility index (Phi) is 4.60. The molecule has 0 aliphatic carbocycles. The van der Waals surface area contributed by atoms with Crippen molar-refractivity contribution in [3.8, 4) is 0 Å². The van der Waals surface area contributed by atoms with Crippen LogP contribution in [0, 0.1) is 6.92 Å². The van der Waals surface area contributed by atoms with E-state index >= 15 is 0 Å². The smallest absolute Gasteiger partial charge is 0.249 e. The van der Waals surface area contributed by atoms with Crippen LogP contribution in [0.25, 0.3) is 0 Å². The lowest BCUT2D eigenvalue weighted by molar-refractivity contribution is 0.600. The first-order chi connectivity index (χ1) is 11.3. The molecule has 0 saturated carbocycles. The van der Waals surface area contributed by atoms with Gasteiger partial charge in [-0.3, -0.25) is 0 Å². The SMILES string of the molecule is Cc1ccc(Cl)cc1Nc1nncc(N(C)C2CCS(=O)(=O)C2)n1. The molecule has 1 N–H and O–H groups in total. The molecule has 0 amide bonds. The average molecular weight is 368 g/mol. The summed E-state index contributed by atoms with van der Waals surface area (Å²) in [6.45, 7) is 1.95. The number of aryl methyl sites for hydroxylation is 1. The number of aromatic nitrogens is 3. The van der Waals surface area contributed by atoms with Gasteiger partial charge < -0.3 is 10.2 Å². The summed E-state index contributed by atoms with van der Waals surface area (Å²) in [6, 6.07) is 5.41. The van der Waals surface area contributed by atoms with Crippen LogP contribution in [0.4, 0.5) is 17.5 Å². The maximum atomic E-state index is 11.7. The van der Waals surface area contributed by atoms with E-state index in [-0.39, 0.29) is 17.5 Å². The lowest BCUT2D eigenvalue weighted by Gasteiger charge is -2.24. The minimum absolute atomic E-state index is 0.0903. The van der Waals surface area contributed by atoms with Crippen molar-refractivity contribution in [1.82, 2.24) is 15.2 Å². The zero-order valence-corrected chi connectivity index (χ0v) is 15.0. The van der Waals surface area contributed by atoms with E-state index in [1.165, 1.54) is 6.20 Å². The van der Waals surface area contributed by atoms with E-state index in [2.05, 4.69) is 20.5 Å². The molecule has 24 heavy (non-hydrogen) atoms. The third kappa shape index (κ3) is 3.76. The second kappa shape index (κ2) is 6.52. The number of nitrogens with one attached hydrogen (secondary N) is 1. The number of anilines is 3. The molecular formula is C15H18ClN5O2S. The Morgan fingerprint density at radius 3 is 2.88 bits per heavy atom. The van der Waals surface area contributed by atoms with E-state index < -0.39 is 9.84 Å². The van der Waals surface area contributed by atoms with Crippen molar-refractivity contribution in [3.63, 3.8) is 0 Å². The Labute approximate surface area is 146 Å². The highest BCUT2D eigenvalue weighted by Gasteiger charge is 2.31. The van der Waals surface area contributed by atoms with Crippen LogP contribution in [0.2, 0.25) is 5.02 Å². The van der Waals surface area contributed by atoms with Gasteiger partial charge in [0.25, 0.3) is 0 Å². The number of rotatable bonds is 4. The molecule has 128 valence electrons. The second-order valence-corrected chi connectivity index (χ2v) is 8.56. The number of sulfone groups is 1. The third-order valence-electron chi connectivity index (χ3n) is 4.11. The molecule has 1 saturated heterocycles. The highest BCUT2D eigenvalue weighted by atomic mass is 35.5. The van der Waals surface area contributed by atoms with Crippen molar-refractivity contribution >= 4 is 38.9 Å². The molecule has 0 bridgehead atoms. The molecule has 2 aromatic rings. The Morgan fingerprint density at radius 2 is 2.17 bits per heavy atom. The Balaban J connectivity index is 1.80. The van der Waals surface area contributed by atoms with Crippen molar-refractivity contribution in [3.05, 3.63) is 35.0 Å². The van der Waals surface area contributed by atoms with E-state index in [0.717, 1.165) is 11.3 Å². The molecule has 2 heterocycles. The van der Waals surface area contributed by atoms with E-state index in [1.807, 2.05) is 31.0 Å². The van der Waals surface area contributed by atoms with Gasteiger partial charge in [0.1, 0.15) is 0 Å². The lowest BCUT2D eigenvalue weighted by Crippen LogP contribution is -2.33. The molecule has 1 fully saturated rings. The maximum absolute atomic E-state index is 11.7. The molecule has 1 atom stereocenters. The van der Waals surface area contributed by atoms with Gasteiger partial charge in [0.15, 0.2) is 15.7 Å². The monoisotopic (exact) mass is 367 g/mol. The molecule has 3 rings (SSSR count). The fourth-order valence-electron chi connectivity index (χ4n) is 2.64. The van der Waals surface area contributed by atoms with Crippen LogP contribution in [0.15, 0.2) is 24.4 Å². The number of hydrogen-bond donors (Lipinski definition) is 1. The highest BCUT2D eigenvalue weighted by molar-refractivity contribution is 7.91. The zero-order valence-electron chi connectivity index (χ0n) is 13.4. The quantitative estimate of drug-likeness (QED) is 0.886. The van der Waals surface area contributed by atoms with Gasteiger partial charge in [-0.25, -0.2) is 8.42 Å². The van der Waals surface area contributed by atoms with Gasteiger partial charge in [0, 0.05) is 23.8 Å². The summed E-state index contributed by atoms with van der Waals surface area (Å²) in [7, 11) is -1.13. The first kappa shape index (κ1) is 16.9. The summed E-state index contributed by atoms with van der Waals surface area (Å²) in [4.78, 5) is 6.28. The van der Waals surface area contributed by atoms with Crippen LogP contribution in [-0.4, -0.2) is 48.2 Å². The summed E-state index contributed by atoms with van der Waals surface area (Å²) in [5.41, 5.74) is 1.80. The van der Waals surface area contributed by atoms with Crippen LogP contribution in [0.5, 0.6) is 0 Å². The van der Waals surface area contributed by atoms with E-state index in [0.29, 0.717) is 23.2 Å². The van der Waals surface area contributed by atoms with Crippen LogP contribution in [0.1, 0.15) is 12.0 Å². The van der Waals surface area contributed by atoms with Crippen LogP contribution >= 0.6 is 11.6 Å². The lowest BCUT2D eigenvalue weighted by atomic mass is 10.2. The summed E-state index contributed by atoms with van der Waals surface area (Å²) in [5, 5.41) is 11.7. The fraction of sp³-hybridized carbons (Fsp3) is 0.400. The van der Waals surface area contributed by atoms with Crippen molar-refractivity contribution < 1.29 is 8.42 Å². The predicted octanol–water partition coefficient (Wildman–Crippen LogP) is 2.20. The normalized spacial score (nSPS) is 19.2. The number of benzene rings is 1. The van der Waals surface area contributed by atoms with Gasteiger partial charge in [-0.2, -0.15) is 10.1 Å². The average Bonchev–Trinajstić information content (AvgIpc) is 2.90. The number of halogens is 1. The maximum Gasteiger partial charge on any atom is 0.249 e. The summed E-state index contributed by atoms with van der Waals surface area (Å²) >= 11 is 6.02. The molecular weight excluding hydrogens is 350 g/mol.